The molecule has 0 saturated carbocycles. The topological polar surface area (TPSA) is 67.2 Å². The van der Waals surface area contributed by atoms with Crippen LogP contribution in [0, 0.1) is 0 Å². The average Bonchev–Trinajstić information content (AvgIpc) is 2.79. The zero-order chi connectivity index (χ0) is 14.9. The second kappa shape index (κ2) is 5.26. The maximum atomic E-state index is 12.5. The highest BCUT2D eigenvalue weighted by Gasteiger charge is 2.45. The fraction of sp³-hybridized carbons (Fsp3) is 0.643. The van der Waals surface area contributed by atoms with Gasteiger partial charge in [-0.15, -0.1) is 0 Å². The predicted molar refractivity (Wildman–Crippen MR) is 74.9 cm³/mol. The maximum Gasteiger partial charge on any atom is 0.246 e. The van der Waals surface area contributed by atoms with Gasteiger partial charge < -0.3 is 10.2 Å². The molecule has 0 spiro atoms. The van der Waals surface area contributed by atoms with Crippen molar-refractivity contribution in [2.24, 2.45) is 7.05 Å². The van der Waals surface area contributed by atoms with Crippen molar-refractivity contribution in [3.05, 3.63) is 18.0 Å². The van der Waals surface area contributed by atoms with E-state index in [4.69, 9.17) is 0 Å². The Morgan fingerprint density at radius 2 is 2.10 bits per heavy atom. The molecule has 1 aliphatic rings. The largest absolute Gasteiger partial charge is 0.342 e. The van der Waals surface area contributed by atoms with Crippen LogP contribution in [0.2, 0.25) is 0 Å². The van der Waals surface area contributed by atoms with Gasteiger partial charge >= 0.3 is 0 Å². The van der Waals surface area contributed by atoms with Crippen molar-refractivity contribution in [2.75, 3.05) is 6.54 Å². The summed E-state index contributed by atoms with van der Waals surface area (Å²) < 4.78 is 1.79. The number of aryl methyl sites for hydroxylation is 1. The van der Waals surface area contributed by atoms with Crippen LogP contribution >= 0.6 is 0 Å². The highest BCUT2D eigenvalue weighted by atomic mass is 16.2. The number of hydrogen-bond acceptors (Lipinski definition) is 3. The molecule has 0 aromatic carbocycles. The van der Waals surface area contributed by atoms with E-state index in [1.54, 1.807) is 29.6 Å². The number of aromatic nitrogens is 2. The normalized spacial score (nSPS) is 22.0. The Bertz CT molecular complexity index is 521. The zero-order valence-corrected chi connectivity index (χ0v) is 12.5. The van der Waals surface area contributed by atoms with E-state index < -0.39 is 11.6 Å². The lowest BCUT2D eigenvalue weighted by Gasteiger charge is -2.44. The van der Waals surface area contributed by atoms with Gasteiger partial charge in [-0.2, -0.15) is 5.10 Å². The van der Waals surface area contributed by atoms with Crippen LogP contribution in [0.15, 0.2) is 12.3 Å². The summed E-state index contributed by atoms with van der Waals surface area (Å²) in [7, 11) is 1.88. The van der Waals surface area contributed by atoms with Crippen LogP contribution in [0.25, 0.3) is 0 Å². The lowest BCUT2D eigenvalue weighted by molar-refractivity contribution is -0.155. The first-order valence-electron chi connectivity index (χ1n) is 6.97. The lowest BCUT2D eigenvalue weighted by Crippen LogP contribution is -2.68. The Morgan fingerprint density at radius 1 is 1.40 bits per heavy atom. The second-order valence-electron chi connectivity index (χ2n) is 5.68. The van der Waals surface area contributed by atoms with Gasteiger partial charge in [0.2, 0.25) is 11.8 Å². The lowest BCUT2D eigenvalue weighted by atomic mass is 9.94. The van der Waals surface area contributed by atoms with Gasteiger partial charge in [-0.25, -0.2) is 0 Å². The second-order valence-corrected chi connectivity index (χ2v) is 5.68. The minimum atomic E-state index is -0.804. The Morgan fingerprint density at radius 3 is 2.65 bits per heavy atom. The molecule has 1 unspecified atom stereocenters. The molecule has 1 atom stereocenters. The summed E-state index contributed by atoms with van der Waals surface area (Å²) in [6, 6.07) is 1.53. The molecule has 2 heterocycles. The van der Waals surface area contributed by atoms with E-state index in [1.165, 1.54) is 0 Å². The van der Waals surface area contributed by atoms with Gasteiger partial charge in [0.1, 0.15) is 11.6 Å². The summed E-state index contributed by atoms with van der Waals surface area (Å²) in [6.45, 7) is 6.00. The summed E-state index contributed by atoms with van der Waals surface area (Å²) in [4.78, 5) is 26.3. The fourth-order valence-corrected chi connectivity index (χ4v) is 2.52. The molecular formula is C14H22N4O2. The van der Waals surface area contributed by atoms with Crippen molar-refractivity contribution in [1.29, 1.82) is 0 Å². The van der Waals surface area contributed by atoms with Gasteiger partial charge in [-0.3, -0.25) is 14.3 Å². The quantitative estimate of drug-likeness (QED) is 0.871. The molecule has 1 saturated heterocycles. The molecule has 6 nitrogen and oxygen atoms in total. The van der Waals surface area contributed by atoms with Crippen molar-refractivity contribution in [3.63, 3.8) is 0 Å². The first-order chi connectivity index (χ1) is 9.37. The number of carbonyl (C=O) groups is 2. The first kappa shape index (κ1) is 14.6. The van der Waals surface area contributed by atoms with Gasteiger partial charge in [-0.05, 0) is 26.3 Å². The Labute approximate surface area is 119 Å². The minimum Gasteiger partial charge on any atom is -0.342 e. The minimum absolute atomic E-state index is 0.000677. The number of rotatable bonds is 4. The van der Waals surface area contributed by atoms with E-state index in [0.29, 0.717) is 19.4 Å². The van der Waals surface area contributed by atoms with E-state index in [9.17, 15) is 9.59 Å². The van der Waals surface area contributed by atoms with Gasteiger partial charge in [0, 0.05) is 31.9 Å². The highest BCUT2D eigenvalue weighted by molar-refractivity contribution is 5.99. The number of hydrogen-bond donors (Lipinski definition) is 1. The first-order valence-corrected chi connectivity index (χ1v) is 6.97. The molecule has 0 aliphatic carbocycles. The number of nitrogens with one attached hydrogen (secondary N) is 1. The molecule has 1 aromatic rings. The van der Waals surface area contributed by atoms with Crippen molar-refractivity contribution in [3.8, 4) is 0 Å². The molecule has 0 radical (unpaired) electrons. The molecule has 1 N–H and O–H groups in total. The maximum absolute atomic E-state index is 12.5. The van der Waals surface area contributed by atoms with Crippen molar-refractivity contribution in [2.45, 2.75) is 45.2 Å². The molecule has 1 aliphatic heterocycles. The third-order valence-electron chi connectivity index (χ3n) is 4.02. The van der Waals surface area contributed by atoms with Crippen LogP contribution in [-0.2, 0) is 23.1 Å². The van der Waals surface area contributed by atoms with Crippen LogP contribution in [0.5, 0.6) is 0 Å². The standard InChI is InChI=1S/C14H22N4O2/c1-5-11-12(19)18(14(2,3)13(20)16-11)9-7-10-6-8-15-17(10)4/h6,8,11H,5,7,9H2,1-4H3,(H,16,20). The van der Waals surface area contributed by atoms with Crippen LogP contribution < -0.4 is 5.32 Å². The fourth-order valence-electron chi connectivity index (χ4n) is 2.52. The van der Waals surface area contributed by atoms with E-state index in [2.05, 4.69) is 10.4 Å². The molecule has 6 heteroatoms. The van der Waals surface area contributed by atoms with Gasteiger partial charge in [0.15, 0.2) is 0 Å². The Kier molecular flexibility index (Phi) is 3.83. The summed E-state index contributed by atoms with van der Waals surface area (Å²) >= 11 is 0. The summed E-state index contributed by atoms with van der Waals surface area (Å²) in [5.74, 6) is -0.0896. The summed E-state index contributed by atoms with van der Waals surface area (Å²) in [6.07, 6.45) is 3.04. The van der Waals surface area contributed by atoms with Gasteiger partial charge in [0.25, 0.3) is 0 Å². The number of piperazine rings is 1. The summed E-state index contributed by atoms with van der Waals surface area (Å²) in [5.41, 5.74) is 0.245. The zero-order valence-electron chi connectivity index (χ0n) is 12.5. The van der Waals surface area contributed by atoms with Gasteiger partial charge in [0.05, 0.1) is 0 Å². The van der Waals surface area contributed by atoms with Crippen molar-refractivity contribution >= 4 is 11.8 Å². The van der Waals surface area contributed by atoms with Crippen LogP contribution in [0.4, 0.5) is 0 Å². The third-order valence-corrected chi connectivity index (χ3v) is 4.02. The number of amides is 2. The van der Waals surface area contributed by atoms with E-state index in [0.717, 1.165) is 5.69 Å². The van der Waals surface area contributed by atoms with E-state index >= 15 is 0 Å². The molecule has 20 heavy (non-hydrogen) atoms. The smallest absolute Gasteiger partial charge is 0.246 e. The number of nitrogens with zero attached hydrogens (tertiary/aromatic N) is 3. The average molecular weight is 278 g/mol. The predicted octanol–water partition coefficient (Wildman–Crippen LogP) is 0.478. The Hall–Kier alpha value is -1.85. The van der Waals surface area contributed by atoms with Gasteiger partial charge in [-0.1, -0.05) is 6.92 Å². The van der Waals surface area contributed by atoms with E-state index in [-0.39, 0.29) is 11.8 Å². The monoisotopic (exact) mass is 278 g/mol. The molecule has 1 fully saturated rings. The van der Waals surface area contributed by atoms with Crippen molar-refractivity contribution < 1.29 is 9.59 Å². The SMILES string of the molecule is CCC1NC(=O)C(C)(C)N(CCc2ccnn2C)C1=O. The van der Waals surface area contributed by atoms with Crippen LogP contribution in [0.3, 0.4) is 0 Å². The molecule has 1 aromatic heterocycles. The molecule has 2 rings (SSSR count). The van der Waals surface area contributed by atoms with E-state index in [1.807, 2.05) is 20.0 Å². The molecule has 110 valence electrons. The third kappa shape index (κ3) is 2.42. The highest BCUT2D eigenvalue weighted by Crippen LogP contribution is 2.22. The number of carbonyl (C=O) groups excluding carboxylic acids is 2. The van der Waals surface area contributed by atoms with Crippen molar-refractivity contribution in [1.82, 2.24) is 20.0 Å². The molecule has 0 bridgehead atoms. The summed E-state index contributed by atoms with van der Waals surface area (Å²) in [5, 5.41) is 6.91. The molecule has 2 amide bonds. The van der Waals surface area contributed by atoms with Crippen LogP contribution in [0.1, 0.15) is 32.9 Å². The Balaban J connectivity index is 2.15. The molecular weight excluding hydrogens is 256 g/mol. The van der Waals surface area contributed by atoms with Crippen LogP contribution in [-0.4, -0.2) is 44.6 Å².